The lowest BCUT2D eigenvalue weighted by Gasteiger charge is -2.04. The van der Waals surface area contributed by atoms with Crippen LogP contribution in [0.5, 0.6) is 11.5 Å². The third-order valence-corrected chi connectivity index (χ3v) is 5.83. The molecule has 0 bridgehead atoms. The molecular formula is C18H15N3O5S2. The van der Waals surface area contributed by atoms with Gasteiger partial charge >= 0.3 is 0 Å². The second kappa shape index (κ2) is 7.64. The second-order valence-electron chi connectivity index (χ2n) is 5.93. The number of amides is 1. The molecule has 28 heavy (non-hydrogen) atoms. The number of carbonyl (C=O) groups excluding carboxylic acids is 1. The number of benzene rings is 2. The van der Waals surface area contributed by atoms with Gasteiger partial charge < -0.3 is 14.0 Å². The first-order valence-corrected chi connectivity index (χ1v) is 10.5. The molecule has 0 unspecified atom stereocenters. The van der Waals surface area contributed by atoms with Crippen molar-refractivity contribution in [3.8, 4) is 11.5 Å². The van der Waals surface area contributed by atoms with E-state index in [1.54, 1.807) is 11.8 Å². The van der Waals surface area contributed by atoms with E-state index in [9.17, 15) is 14.9 Å². The van der Waals surface area contributed by atoms with Crippen molar-refractivity contribution in [3.05, 3.63) is 56.9 Å². The van der Waals surface area contributed by atoms with E-state index in [1.165, 1.54) is 35.6 Å². The van der Waals surface area contributed by atoms with E-state index in [0.29, 0.717) is 22.8 Å². The average molecular weight is 417 g/mol. The normalized spacial score (nSPS) is 13.2. The summed E-state index contributed by atoms with van der Waals surface area (Å²) in [5.41, 5.74) is 0.949. The molecule has 1 aromatic heterocycles. The van der Waals surface area contributed by atoms with Crippen LogP contribution in [0.2, 0.25) is 0 Å². The van der Waals surface area contributed by atoms with Gasteiger partial charge in [0.05, 0.1) is 15.1 Å². The van der Waals surface area contributed by atoms with Crippen LogP contribution in [-0.2, 0) is 6.54 Å². The third kappa shape index (κ3) is 3.48. The van der Waals surface area contributed by atoms with E-state index < -0.39 is 10.8 Å². The van der Waals surface area contributed by atoms with Crippen LogP contribution in [0.4, 0.5) is 5.69 Å². The molecule has 0 fully saturated rings. The molecule has 1 aliphatic rings. The average Bonchev–Trinajstić information content (AvgIpc) is 3.28. The van der Waals surface area contributed by atoms with Crippen molar-refractivity contribution in [2.45, 2.75) is 6.54 Å². The topological polar surface area (TPSA) is 96.0 Å². The fraction of sp³-hybridized carbons (Fsp3) is 0.222. The number of aromatic nitrogens is 1. The fourth-order valence-electron chi connectivity index (χ4n) is 2.85. The van der Waals surface area contributed by atoms with Crippen molar-refractivity contribution in [3.63, 3.8) is 0 Å². The number of thioether (sulfide) groups is 1. The molecule has 8 nitrogen and oxygen atoms in total. The Morgan fingerprint density at radius 1 is 1.32 bits per heavy atom. The first-order chi connectivity index (χ1) is 13.6. The molecule has 0 atom stereocenters. The van der Waals surface area contributed by atoms with Crippen molar-refractivity contribution < 1.29 is 19.2 Å². The summed E-state index contributed by atoms with van der Waals surface area (Å²) in [6.07, 6.45) is 2.01. The Morgan fingerprint density at radius 2 is 2.11 bits per heavy atom. The minimum absolute atomic E-state index is 0.140. The van der Waals surface area contributed by atoms with Gasteiger partial charge in [0.25, 0.3) is 11.6 Å². The number of rotatable bonds is 5. The zero-order valence-electron chi connectivity index (χ0n) is 14.8. The summed E-state index contributed by atoms with van der Waals surface area (Å²) in [5.74, 6) is 1.66. The second-order valence-corrected chi connectivity index (χ2v) is 7.92. The third-order valence-electron chi connectivity index (χ3n) is 4.20. The van der Waals surface area contributed by atoms with Crippen LogP contribution in [0, 0.1) is 10.1 Å². The van der Waals surface area contributed by atoms with Gasteiger partial charge in [0.1, 0.15) is 0 Å². The number of aryl methyl sites for hydroxylation is 1. The Morgan fingerprint density at radius 3 is 2.86 bits per heavy atom. The summed E-state index contributed by atoms with van der Waals surface area (Å²) in [4.78, 5) is 27.9. The van der Waals surface area contributed by atoms with Gasteiger partial charge in [-0.3, -0.25) is 14.9 Å². The van der Waals surface area contributed by atoms with Crippen molar-refractivity contribution in [2.24, 2.45) is 4.99 Å². The molecule has 10 heteroatoms. The van der Waals surface area contributed by atoms with Gasteiger partial charge in [-0.15, -0.1) is 0 Å². The van der Waals surface area contributed by atoms with E-state index >= 15 is 0 Å². The number of nitro groups is 1. The molecule has 144 valence electrons. The summed E-state index contributed by atoms with van der Waals surface area (Å²) in [6.45, 7) is 0.863. The van der Waals surface area contributed by atoms with E-state index in [4.69, 9.17) is 9.47 Å². The predicted molar refractivity (Wildman–Crippen MR) is 107 cm³/mol. The molecule has 0 spiro atoms. The van der Waals surface area contributed by atoms with Gasteiger partial charge in [0.2, 0.25) is 6.79 Å². The molecule has 0 radical (unpaired) electrons. The maximum Gasteiger partial charge on any atom is 0.279 e. The smallest absolute Gasteiger partial charge is 0.279 e. The Hall–Kier alpha value is -2.85. The first kappa shape index (κ1) is 18.5. The summed E-state index contributed by atoms with van der Waals surface area (Å²) in [5, 5.41) is 11.0. The summed E-state index contributed by atoms with van der Waals surface area (Å²) >= 11 is 3.06. The van der Waals surface area contributed by atoms with Gasteiger partial charge in [-0.2, -0.15) is 16.8 Å². The SMILES string of the molecule is CSCCn1c(=NC(=O)c2cccc([N+](=O)[O-])c2)sc2cc3c(cc21)OCO3. The van der Waals surface area contributed by atoms with E-state index in [1.807, 2.05) is 23.0 Å². The Kier molecular flexibility index (Phi) is 5.05. The van der Waals surface area contributed by atoms with Crippen LogP contribution in [0.1, 0.15) is 10.4 Å². The Labute approximate surface area is 167 Å². The number of carbonyl (C=O) groups is 1. The summed E-state index contributed by atoms with van der Waals surface area (Å²) in [6, 6.07) is 9.36. The minimum Gasteiger partial charge on any atom is -0.454 e. The molecular weight excluding hydrogens is 402 g/mol. The highest BCUT2D eigenvalue weighted by Crippen LogP contribution is 2.37. The predicted octanol–water partition coefficient (Wildman–Crippen LogP) is 3.44. The van der Waals surface area contributed by atoms with Gasteiger partial charge in [-0.25, -0.2) is 0 Å². The largest absolute Gasteiger partial charge is 0.454 e. The molecule has 2 aromatic carbocycles. The Bertz CT molecular complexity index is 1150. The van der Waals surface area contributed by atoms with Crippen molar-refractivity contribution in [2.75, 3.05) is 18.8 Å². The molecule has 0 saturated heterocycles. The zero-order valence-corrected chi connectivity index (χ0v) is 16.4. The quantitative estimate of drug-likeness (QED) is 0.466. The highest BCUT2D eigenvalue weighted by Gasteiger charge is 2.18. The number of thiazole rings is 1. The van der Waals surface area contributed by atoms with E-state index in [0.717, 1.165) is 16.0 Å². The maximum atomic E-state index is 12.6. The molecule has 0 N–H and O–H groups in total. The van der Waals surface area contributed by atoms with Crippen molar-refractivity contribution in [1.29, 1.82) is 0 Å². The number of hydrogen-bond acceptors (Lipinski definition) is 7. The van der Waals surface area contributed by atoms with Crippen LogP contribution in [-0.4, -0.2) is 34.2 Å². The van der Waals surface area contributed by atoms with Crippen LogP contribution in [0.3, 0.4) is 0 Å². The number of nitro benzene ring substituents is 1. The highest BCUT2D eigenvalue weighted by atomic mass is 32.2. The zero-order chi connectivity index (χ0) is 19.7. The Balaban J connectivity index is 1.81. The number of fused-ring (bicyclic) bond motifs is 2. The summed E-state index contributed by atoms with van der Waals surface area (Å²) in [7, 11) is 0. The highest BCUT2D eigenvalue weighted by molar-refractivity contribution is 7.98. The monoisotopic (exact) mass is 417 g/mol. The minimum atomic E-state index is -0.531. The lowest BCUT2D eigenvalue weighted by molar-refractivity contribution is -0.384. The van der Waals surface area contributed by atoms with Crippen molar-refractivity contribution in [1.82, 2.24) is 4.57 Å². The molecule has 2 heterocycles. The van der Waals surface area contributed by atoms with Crippen LogP contribution >= 0.6 is 23.1 Å². The van der Waals surface area contributed by atoms with Crippen LogP contribution < -0.4 is 14.3 Å². The molecule has 0 saturated carbocycles. The lowest BCUT2D eigenvalue weighted by Crippen LogP contribution is -2.18. The standard InChI is InChI=1S/C18H15N3O5S2/c1-27-6-5-20-13-8-14-15(26-10-25-14)9-16(13)28-18(20)19-17(22)11-3-2-4-12(7-11)21(23)24/h2-4,7-9H,5-6,10H2,1H3. The summed E-state index contributed by atoms with van der Waals surface area (Å²) < 4.78 is 13.8. The number of non-ortho nitro benzene ring substituents is 1. The number of ether oxygens (including phenoxy) is 2. The fourth-order valence-corrected chi connectivity index (χ4v) is 4.28. The van der Waals surface area contributed by atoms with Gasteiger partial charge in [0, 0.05) is 42.1 Å². The molecule has 3 aromatic rings. The number of hydrogen-bond donors (Lipinski definition) is 0. The molecule has 1 aliphatic heterocycles. The van der Waals surface area contributed by atoms with E-state index in [2.05, 4.69) is 4.99 Å². The number of nitrogens with zero attached hydrogens (tertiary/aromatic N) is 3. The first-order valence-electron chi connectivity index (χ1n) is 8.32. The molecule has 1 amide bonds. The van der Waals surface area contributed by atoms with Gasteiger partial charge in [-0.05, 0) is 12.3 Å². The van der Waals surface area contributed by atoms with E-state index in [-0.39, 0.29) is 18.0 Å². The van der Waals surface area contributed by atoms with Crippen molar-refractivity contribution >= 4 is 44.9 Å². The lowest BCUT2D eigenvalue weighted by atomic mass is 10.2. The maximum absolute atomic E-state index is 12.6. The van der Waals surface area contributed by atoms with Gasteiger partial charge in [-0.1, -0.05) is 17.4 Å². The molecule has 4 rings (SSSR count). The van der Waals surface area contributed by atoms with Crippen LogP contribution in [0.25, 0.3) is 10.2 Å². The van der Waals surface area contributed by atoms with Crippen LogP contribution in [0.15, 0.2) is 41.4 Å². The van der Waals surface area contributed by atoms with Gasteiger partial charge in [0.15, 0.2) is 16.3 Å². The molecule has 0 aliphatic carbocycles.